The van der Waals surface area contributed by atoms with Crippen molar-refractivity contribution < 1.29 is 8.83 Å². The van der Waals surface area contributed by atoms with E-state index in [-0.39, 0.29) is 21.7 Å². The third-order valence-corrected chi connectivity index (χ3v) is 19.2. The lowest BCUT2D eigenvalue weighted by Gasteiger charge is -2.32. The van der Waals surface area contributed by atoms with Crippen LogP contribution in [-0.4, -0.2) is 0 Å². The molecule has 0 bridgehead atoms. The molecule has 2 heterocycles. The molecule has 3 nitrogen and oxygen atoms in total. The van der Waals surface area contributed by atoms with Crippen molar-refractivity contribution in [2.45, 2.75) is 90.9 Å². The smallest absolute Gasteiger partial charge is 0.144 e. The van der Waals surface area contributed by atoms with Crippen LogP contribution in [-0.2, 0) is 21.7 Å². The predicted octanol–water partition coefficient (Wildman–Crippen LogP) is 20.5. The number of nitrogens with zero attached hydrogens (tertiary/aromatic N) is 1. The normalized spacial score (nSPS) is 16.1. The van der Waals surface area contributed by atoms with Crippen molar-refractivity contribution in [3.05, 3.63) is 232 Å². The summed E-state index contributed by atoms with van der Waals surface area (Å²) in [6.45, 7) is 23.8. The first-order chi connectivity index (χ1) is 37.0. The number of furan rings is 2. The number of benzene rings is 10. The molecule has 0 spiro atoms. The summed E-state index contributed by atoms with van der Waals surface area (Å²) in [5, 5.41) is 4.74. The van der Waals surface area contributed by atoms with Gasteiger partial charge in [0.05, 0.1) is 0 Å². The highest BCUT2D eigenvalue weighted by Gasteiger charge is 2.49. The van der Waals surface area contributed by atoms with E-state index in [0.717, 1.165) is 44.7 Å². The monoisotopic (exact) mass is 993 g/mol. The van der Waals surface area contributed by atoms with E-state index in [1.54, 1.807) is 0 Å². The lowest BCUT2D eigenvalue weighted by molar-refractivity contribution is 0.600. The Morgan fingerprint density at radius 1 is 0.351 bits per heavy atom. The van der Waals surface area contributed by atoms with Crippen molar-refractivity contribution in [2.24, 2.45) is 0 Å². The second-order valence-corrected chi connectivity index (χ2v) is 24.9. The molecule has 0 atom stereocenters. The summed E-state index contributed by atoms with van der Waals surface area (Å²) < 4.78 is 14.1. The van der Waals surface area contributed by atoms with Gasteiger partial charge in [-0.2, -0.15) is 0 Å². The molecule has 0 saturated heterocycles. The fourth-order valence-electron chi connectivity index (χ4n) is 15.5. The molecule has 0 saturated carbocycles. The van der Waals surface area contributed by atoms with Gasteiger partial charge in [0, 0.05) is 71.4 Å². The maximum absolute atomic E-state index is 7.04. The summed E-state index contributed by atoms with van der Waals surface area (Å²) in [5.41, 5.74) is 32.3. The van der Waals surface area contributed by atoms with Crippen LogP contribution in [0.5, 0.6) is 0 Å². The third-order valence-electron chi connectivity index (χ3n) is 19.2. The van der Waals surface area contributed by atoms with Gasteiger partial charge in [-0.1, -0.05) is 182 Å². The van der Waals surface area contributed by atoms with Crippen LogP contribution in [0, 0.1) is 13.8 Å². The molecule has 3 heteroatoms. The van der Waals surface area contributed by atoms with E-state index in [1.165, 1.54) is 128 Å². The van der Waals surface area contributed by atoms with Crippen molar-refractivity contribution in [2.75, 3.05) is 4.90 Å². The molecule has 10 aromatic carbocycles. The van der Waals surface area contributed by atoms with E-state index in [2.05, 4.69) is 250 Å². The van der Waals surface area contributed by atoms with Gasteiger partial charge in [-0.3, -0.25) is 0 Å². The van der Waals surface area contributed by atoms with Crippen LogP contribution in [0.15, 0.2) is 185 Å². The summed E-state index contributed by atoms with van der Waals surface area (Å²) in [6.07, 6.45) is 0. The Kier molecular flexibility index (Phi) is 8.59. The second-order valence-electron chi connectivity index (χ2n) is 24.9. The van der Waals surface area contributed by atoms with Gasteiger partial charge in [0.2, 0.25) is 0 Å². The van der Waals surface area contributed by atoms with E-state index in [1.807, 2.05) is 0 Å². The van der Waals surface area contributed by atoms with Crippen LogP contribution in [0.1, 0.15) is 111 Å². The van der Waals surface area contributed by atoms with Gasteiger partial charge in [-0.05, 0) is 163 Å². The van der Waals surface area contributed by atoms with Crippen LogP contribution in [0.25, 0.3) is 99.5 Å². The molecule has 4 aliphatic rings. The Hall–Kier alpha value is -8.40. The van der Waals surface area contributed by atoms with Crippen molar-refractivity contribution in [1.29, 1.82) is 0 Å². The number of hydrogen-bond donors (Lipinski definition) is 0. The second kappa shape index (κ2) is 14.7. The highest BCUT2D eigenvalue weighted by atomic mass is 16.3. The molecule has 372 valence electrons. The van der Waals surface area contributed by atoms with Crippen LogP contribution in [0.2, 0.25) is 0 Å². The average Bonchev–Trinajstić information content (AvgIpc) is 3.73. The van der Waals surface area contributed by atoms with Crippen molar-refractivity contribution in [3.8, 4) is 55.6 Å². The minimum atomic E-state index is -0.340. The molecule has 0 fully saturated rings. The minimum Gasteiger partial charge on any atom is -0.455 e. The number of fused-ring (bicyclic) bond motifs is 22. The number of hydrogen-bond acceptors (Lipinski definition) is 3. The molecule has 77 heavy (non-hydrogen) atoms. The molecule has 0 radical (unpaired) electrons. The van der Waals surface area contributed by atoms with Crippen molar-refractivity contribution in [3.63, 3.8) is 0 Å². The molecule has 0 unspecified atom stereocenters. The zero-order valence-electron chi connectivity index (χ0n) is 45.5. The highest BCUT2D eigenvalue weighted by Crippen LogP contribution is 2.64. The number of para-hydroxylation sites is 2. The first-order valence-electron chi connectivity index (χ1n) is 27.6. The fourth-order valence-corrected chi connectivity index (χ4v) is 15.5. The predicted molar refractivity (Wildman–Crippen MR) is 321 cm³/mol. The molecule has 0 amide bonds. The fraction of sp³-hybridized carbons (Fsp3) is 0.189. The van der Waals surface area contributed by atoms with Crippen LogP contribution in [0.4, 0.5) is 17.1 Å². The van der Waals surface area contributed by atoms with Gasteiger partial charge in [0.25, 0.3) is 0 Å². The molecule has 2 aromatic heterocycles. The quantitative estimate of drug-likeness (QED) is 0.176. The van der Waals surface area contributed by atoms with Gasteiger partial charge in [-0.25, -0.2) is 0 Å². The standard InChI is InChI=1S/C74H59NO2/c1-40-27-34-59(41(2)35-40)75(44-30-33-49-57(38-44)74(9,10)67-63(49)65-51-22-14-18-26-61(51)77-70(65)66-47-20-12-16-24-54(47)73(7,8)68(66)67)43-29-32-48-56(37-43)72(5,6)58-39-52(69-64(62(48)58)50-21-13-17-25-60(50)76-69)42-28-31-46-45-19-11-15-23-53(45)71(3,4)55(46)36-42/h11-39H,1-10H3. The Balaban J connectivity index is 0.893. The molecule has 0 N–H and O–H groups in total. The maximum Gasteiger partial charge on any atom is 0.144 e. The molecular formula is C74H59NO2. The van der Waals surface area contributed by atoms with Crippen molar-refractivity contribution in [1.82, 2.24) is 0 Å². The Morgan fingerprint density at radius 2 is 0.844 bits per heavy atom. The lowest BCUT2D eigenvalue weighted by Crippen LogP contribution is -2.24. The van der Waals surface area contributed by atoms with E-state index < -0.39 is 0 Å². The summed E-state index contributed by atoms with van der Waals surface area (Å²) in [6, 6.07) is 66.3. The van der Waals surface area contributed by atoms with Gasteiger partial charge in [0.15, 0.2) is 0 Å². The first-order valence-corrected chi connectivity index (χ1v) is 27.6. The average molecular weight is 994 g/mol. The summed E-state index contributed by atoms with van der Waals surface area (Å²) in [7, 11) is 0. The van der Waals surface area contributed by atoms with Crippen molar-refractivity contribution >= 4 is 60.9 Å². The van der Waals surface area contributed by atoms with E-state index in [9.17, 15) is 0 Å². The van der Waals surface area contributed by atoms with Crippen LogP contribution in [0.3, 0.4) is 0 Å². The molecular weight excluding hydrogens is 935 g/mol. The zero-order valence-corrected chi connectivity index (χ0v) is 45.5. The largest absolute Gasteiger partial charge is 0.455 e. The van der Waals surface area contributed by atoms with Gasteiger partial charge in [-0.15, -0.1) is 0 Å². The SMILES string of the molecule is Cc1ccc(N(c2ccc3c(c2)C(C)(C)c2cc(-c4ccc5c(c4)C(C)(C)c4ccccc4-5)c4oc5ccccc5c4c2-3)c2ccc3c(c2)C(C)(C)c2c4c(c5oc6ccccc6c5c2-3)-c2ccccc2C4(C)C)c(C)c1. The maximum atomic E-state index is 7.04. The lowest BCUT2D eigenvalue weighted by atomic mass is 9.72. The molecule has 16 rings (SSSR count). The van der Waals surface area contributed by atoms with E-state index in [0.29, 0.717) is 0 Å². The highest BCUT2D eigenvalue weighted by molar-refractivity contribution is 6.21. The van der Waals surface area contributed by atoms with Crippen LogP contribution >= 0.6 is 0 Å². The molecule has 12 aromatic rings. The van der Waals surface area contributed by atoms with Crippen LogP contribution < -0.4 is 4.90 Å². The first kappa shape index (κ1) is 44.9. The summed E-state index contributed by atoms with van der Waals surface area (Å²) in [4.78, 5) is 2.53. The number of anilines is 3. The minimum absolute atomic E-state index is 0.122. The number of aryl methyl sites for hydroxylation is 2. The van der Waals surface area contributed by atoms with E-state index in [4.69, 9.17) is 8.83 Å². The molecule has 4 aliphatic carbocycles. The Bertz CT molecular complexity index is 4660. The topological polar surface area (TPSA) is 29.5 Å². The Morgan fingerprint density at radius 3 is 1.53 bits per heavy atom. The van der Waals surface area contributed by atoms with Gasteiger partial charge < -0.3 is 13.7 Å². The molecule has 0 aliphatic heterocycles. The van der Waals surface area contributed by atoms with Gasteiger partial charge >= 0.3 is 0 Å². The summed E-state index contributed by atoms with van der Waals surface area (Å²) >= 11 is 0. The Labute approximate surface area is 450 Å². The summed E-state index contributed by atoms with van der Waals surface area (Å²) in [5.74, 6) is 0. The zero-order chi connectivity index (χ0) is 52.4. The number of rotatable bonds is 4. The van der Waals surface area contributed by atoms with E-state index >= 15 is 0 Å². The third kappa shape index (κ3) is 5.62. The van der Waals surface area contributed by atoms with Gasteiger partial charge in [0.1, 0.15) is 22.3 Å².